The third kappa shape index (κ3) is 7.50. The van der Waals surface area contributed by atoms with E-state index in [1.165, 1.54) is 31.5 Å². The van der Waals surface area contributed by atoms with E-state index in [1.54, 1.807) is 0 Å². The standard InChI is InChI=1S/C19H33N5.HI/c1-4-23(3)15-12-21-19(20-2)22-16-18(24-13-8-9-14-24)17-10-6-5-7-11-17;/h5-7,10-11,18H,4,8-9,12-16H2,1-3H3,(H2,20,21,22);1H. The van der Waals surface area contributed by atoms with E-state index in [1.807, 2.05) is 7.05 Å². The van der Waals surface area contributed by atoms with Crippen LogP contribution in [0.5, 0.6) is 0 Å². The molecule has 0 saturated carbocycles. The van der Waals surface area contributed by atoms with E-state index in [2.05, 4.69) is 69.7 Å². The summed E-state index contributed by atoms with van der Waals surface area (Å²) in [5.74, 6) is 0.889. The van der Waals surface area contributed by atoms with Crippen molar-refractivity contribution in [3.05, 3.63) is 35.9 Å². The first-order valence-electron chi connectivity index (χ1n) is 9.16. The predicted octanol–water partition coefficient (Wildman–Crippen LogP) is 2.56. The molecule has 0 bridgehead atoms. The summed E-state index contributed by atoms with van der Waals surface area (Å²) in [6, 6.07) is 11.2. The highest BCUT2D eigenvalue weighted by molar-refractivity contribution is 14.0. The average Bonchev–Trinajstić information content (AvgIpc) is 3.15. The van der Waals surface area contributed by atoms with Gasteiger partial charge < -0.3 is 15.5 Å². The van der Waals surface area contributed by atoms with E-state index in [-0.39, 0.29) is 24.0 Å². The van der Waals surface area contributed by atoms with Crippen LogP contribution in [0.25, 0.3) is 0 Å². The molecule has 1 heterocycles. The van der Waals surface area contributed by atoms with Crippen LogP contribution in [-0.4, -0.2) is 69.1 Å². The number of rotatable bonds is 8. The molecule has 1 aliphatic heterocycles. The topological polar surface area (TPSA) is 42.9 Å². The van der Waals surface area contributed by atoms with Crippen LogP contribution in [0.4, 0.5) is 0 Å². The number of halogens is 1. The third-order valence-corrected chi connectivity index (χ3v) is 4.78. The van der Waals surface area contributed by atoms with E-state index in [0.717, 1.165) is 32.1 Å². The number of guanidine groups is 1. The molecule has 25 heavy (non-hydrogen) atoms. The maximum Gasteiger partial charge on any atom is 0.191 e. The Bertz CT molecular complexity index is 488. The molecular formula is C19H34IN5. The molecule has 5 nitrogen and oxygen atoms in total. The third-order valence-electron chi connectivity index (χ3n) is 4.78. The quantitative estimate of drug-likeness (QED) is 0.356. The number of hydrogen-bond donors (Lipinski definition) is 2. The molecule has 0 aliphatic carbocycles. The molecule has 2 N–H and O–H groups in total. The monoisotopic (exact) mass is 459 g/mol. The van der Waals surface area contributed by atoms with Crippen LogP contribution < -0.4 is 10.6 Å². The van der Waals surface area contributed by atoms with E-state index in [9.17, 15) is 0 Å². The zero-order chi connectivity index (χ0) is 17.2. The van der Waals surface area contributed by atoms with Gasteiger partial charge in [-0.3, -0.25) is 9.89 Å². The second kappa shape index (κ2) is 12.5. The van der Waals surface area contributed by atoms with Gasteiger partial charge in [0, 0.05) is 26.7 Å². The highest BCUT2D eigenvalue weighted by atomic mass is 127. The minimum absolute atomic E-state index is 0. The van der Waals surface area contributed by atoms with Crippen LogP contribution in [0.3, 0.4) is 0 Å². The van der Waals surface area contributed by atoms with Gasteiger partial charge in [-0.1, -0.05) is 37.3 Å². The van der Waals surface area contributed by atoms with Gasteiger partial charge >= 0.3 is 0 Å². The van der Waals surface area contributed by atoms with Crippen molar-refractivity contribution in [3.63, 3.8) is 0 Å². The van der Waals surface area contributed by atoms with Gasteiger partial charge in [-0.2, -0.15) is 0 Å². The molecule has 0 amide bonds. The van der Waals surface area contributed by atoms with Gasteiger partial charge in [0.25, 0.3) is 0 Å². The Morgan fingerprint density at radius 3 is 2.48 bits per heavy atom. The number of aliphatic imine (C=N–C) groups is 1. The summed E-state index contributed by atoms with van der Waals surface area (Å²) in [4.78, 5) is 9.23. The molecule has 142 valence electrons. The van der Waals surface area contributed by atoms with Crippen molar-refractivity contribution in [2.75, 3.05) is 53.4 Å². The zero-order valence-corrected chi connectivity index (χ0v) is 18.2. The van der Waals surface area contributed by atoms with Crippen LogP contribution in [0, 0.1) is 0 Å². The molecule has 1 saturated heterocycles. The van der Waals surface area contributed by atoms with Gasteiger partial charge in [0.05, 0.1) is 6.04 Å². The number of nitrogens with one attached hydrogen (secondary N) is 2. The largest absolute Gasteiger partial charge is 0.355 e. The molecule has 1 unspecified atom stereocenters. The second-order valence-corrected chi connectivity index (χ2v) is 6.45. The van der Waals surface area contributed by atoms with Gasteiger partial charge in [-0.25, -0.2) is 0 Å². The lowest BCUT2D eigenvalue weighted by Gasteiger charge is -2.29. The van der Waals surface area contributed by atoms with E-state index in [0.29, 0.717) is 6.04 Å². The first-order valence-corrected chi connectivity index (χ1v) is 9.16. The maximum atomic E-state index is 4.36. The smallest absolute Gasteiger partial charge is 0.191 e. The van der Waals surface area contributed by atoms with Crippen LogP contribution in [0.1, 0.15) is 31.4 Å². The molecule has 1 fully saturated rings. The second-order valence-electron chi connectivity index (χ2n) is 6.45. The Hall–Kier alpha value is -0.860. The molecule has 0 spiro atoms. The Balaban J connectivity index is 0.00000312. The summed E-state index contributed by atoms with van der Waals surface area (Å²) in [5.41, 5.74) is 1.38. The van der Waals surface area contributed by atoms with Crippen molar-refractivity contribution in [1.82, 2.24) is 20.4 Å². The van der Waals surface area contributed by atoms with Crippen molar-refractivity contribution in [2.45, 2.75) is 25.8 Å². The summed E-state index contributed by atoms with van der Waals surface area (Å²) in [5, 5.41) is 6.93. The number of likely N-dealkylation sites (tertiary alicyclic amines) is 1. The highest BCUT2D eigenvalue weighted by Crippen LogP contribution is 2.24. The molecule has 6 heteroatoms. The number of likely N-dealkylation sites (N-methyl/N-ethyl adjacent to an activating group) is 1. The Morgan fingerprint density at radius 1 is 1.20 bits per heavy atom. The SMILES string of the molecule is CCN(C)CCNC(=NC)NCC(c1ccccc1)N1CCCC1.I. The zero-order valence-electron chi connectivity index (χ0n) is 15.9. The first kappa shape index (κ1) is 22.2. The fourth-order valence-electron chi connectivity index (χ4n) is 3.12. The predicted molar refractivity (Wildman–Crippen MR) is 118 cm³/mol. The van der Waals surface area contributed by atoms with Gasteiger partial charge in [0.1, 0.15) is 0 Å². The van der Waals surface area contributed by atoms with Crippen LogP contribution in [0.15, 0.2) is 35.3 Å². The first-order chi connectivity index (χ1) is 11.7. The van der Waals surface area contributed by atoms with Crippen molar-refractivity contribution >= 4 is 29.9 Å². The maximum absolute atomic E-state index is 4.36. The van der Waals surface area contributed by atoms with Crippen LogP contribution in [-0.2, 0) is 0 Å². The molecule has 1 aliphatic rings. The van der Waals surface area contributed by atoms with Gasteiger partial charge in [0.2, 0.25) is 0 Å². The van der Waals surface area contributed by atoms with Crippen molar-refractivity contribution < 1.29 is 0 Å². The van der Waals surface area contributed by atoms with Crippen molar-refractivity contribution in [1.29, 1.82) is 0 Å². The molecule has 0 aromatic heterocycles. The van der Waals surface area contributed by atoms with Crippen LogP contribution in [0.2, 0.25) is 0 Å². The minimum Gasteiger partial charge on any atom is -0.355 e. The molecule has 1 aromatic carbocycles. The molecule has 1 aromatic rings. The lowest BCUT2D eigenvalue weighted by molar-refractivity contribution is 0.245. The summed E-state index contributed by atoms with van der Waals surface area (Å²) >= 11 is 0. The molecular weight excluding hydrogens is 425 g/mol. The van der Waals surface area contributed by atoms with E-state index < -0.39 is 0 Å². The van der Waals surface area contributed by atoms with Crippen molar-refractivity contribution in [2.24, 2.45) is 4.99 Å². The van der Waals surface area contributed by atoms with E-state index >= 15 is 0 Å². The summed E-state index contributed by atoms with van der Waals surface area (Å²) in [6.07, 6.45) is 2.61. The van der Waals surface area contributed by atoms with E-state index in [4.69, 9.17) is 0 Å². The minimum atomic E-state index is 0. The summed E-state index contributed by atoms with van der Waals surface area (Å²) < 4.78 is 0. The molecule has 2 rings (SSSR count). The molecule has 0 radical (unpaired) electrons. The Kier molecular flexibility index (Phi) is 11.1. The lowest BCUT2D eigenvalue weighted by atomic mass is 10.1. The number of benzene rings is 1. The highest BCUT2D eigenvalue weighted by Gasteiger charge is 2.23. The Morgan fingerprint density at radius 2 is 1.88 bits per heavy atom. The van der Waals surface area contributed by atoms with Gasteiger partial charge in [-0.15, -0.1) is 24.0 Å². The average molecular weight is 459 g/mol. The van der Waals surface area contributed by atoms with Crippen molar-refractivity contribution in [3.8, 4) is 0 Å². The van der Waals surface area contributed by atoms with Gasteiger partial charge in [0.15, 0.2) is 5.96 Å². The van der Waals surface area contributed by atoms with Gasteiger partial charge in [-0.05, 0) is 45.1 Å². The fourth-order valence-corrected chi connectivity index (χ4v) is 3.12. The Labute approximate surface area is 170 Å². The summed E-state index contributed by atoms with van der Waals surface area (Å²) in [7, 11) is 3.98. The fraction of sp³-hybridized carbons (Fsp3) is 0.632. The number of nitrogens with zero attached hydrogens (tertiary/aromatic N) is 3. The summed E-state index contributed by atoms with van der Waals surface area (Å²) in [6.45, 7) is 8.43. The van der Waals surface area contributed by atoms with Crippen LogP contribution >= 0.6 is 24.0 Å². The normalized spacial score (nSPS) is 16.6. The molecule has 1 atom stereocenters. The lowest BCUT2D eigenvalue weighted by Crippen LogP contribution is -2.44. The number of hydrogen-bond acceptors (Lipinski definition) is 3.